The summed E-state index contributed by atoms with van der Waals surface area (Å²) in [7, 11) is 4.67. The Morgan fingerprint density at radius 3 is 2.12 bits per heavy atom. The highest BCUT2D eigenvalue weighted by molar-refractivity contribution is 5.84. The summed E-state index contributed by atoms with van der Waals surface area (Å²) < 4.78 is 15.6. The van der Waals surface area contributed by atoms with Crippen molar-refractivity contribution in [3.63, 3.8) is 0 Å². The molecule has 24 heavy (non-hydrogen) atoms. The summed E-state index contributed by atoms with van der Waals surface area (Å²) in [6.07, 6.45) is 3.64. The molecule has 0 saturated carbocycles. The van der Waals surface area contributed by atoms with Gasteiger partial charge in [-0.3, -0.25) is 0 Å². The maximum Gasteiger partial charge on any atom is 0.330 e. The molecule has 1 aromatic rings. The molecule has 4 nitrogen and oxygen atoms in total. The first-order valence-electron chi connectivity index (χ1n) is 8.01. The van der Waals surface area contributed by atoms with Crippen molar-refractivity contribution in [1.29, 1.82) is 0 Å². The molecular weight excluding hydrogens is 304 g/mol. The van der Waals surface area contributed by atoms with Gasteiger partial charge in [0.2, 0.25) is 0 Å². The Bertz CT molecular complexity index is 647. The molecule has 1 aromatic carbocycles. The van der Waals surface area contributed by atoms with Crippen LogP contribution in [0.4, 0.5) is 0 Å². The van der Waals surface area contributed by atoms with Crippen LogP contribution in [-0.4, -0.2) is 27.3 Å². The van der Waals surface area contributed by atoms with Gasteiger partial charge in [0.05, 0.1) is 21.3 Å². The van der Waals surface area contributed by atoms with E-state index in [9.17, 15) is 4.79 Å². The maximum absolute atomic E-state index is 11.8. The fourth-order valence-corrected chi connectivity index (χ4v) is 3.35. The Morgan fingerprint density at radius 1 is 1.04 bits per heavy atom. The summed E-state index contributed by atoms with van der Waals surface area (Å²) in [5, 5.41) is 0. The lowest BCUT2D eigenvalue weighted by molar-refractivity contribution is -0.134. The van der Waals surface area contributed by atoms with Crippen molar-refractivity contribution in [3.05, 3.63) is 53.3 Å². The molecule has 4 heteroatoms. The van der Waals surface area contributed by atoms with Crippen LogP contribution in [0.3, 0.4) is 0 Å². The van der Waals surface area contributed by atoms with Crippen LogP contribution in [0.5, 0.6) is 5.75 Å². The quantitative estimate of drug-likeness (QED) is 0.616. The molecule has 0 unspecified atom stereocenters. The van der Waals surface area contributed by atoms with Gasteiger partial charge in [-0.1, -0.05) is 32.9 Å². The molecule has 0 amide bonds. The van der Waals surface area contributed by atoms with Gasteiger partial charge in [-0.2, -0.15) is 0 Å². The van der Waals surface area contributed by atoms with E-state index in [1.165, 1.54) is 12.7 Å². The standard InChI is InChI=1S/C20H26O4/c1-20(2,3)19-15(13-7-9-14(22-4)10-8-13)11-17(23-5)16(19)12-18(21)24-6/h7-12,15,19H,1-6H3/b16-12+/t15-,19-/m1/s1. The summed E-state index contributed by atoms with van der Waals surface area (Å²) in [5.74, 6) is 1.44. The fourth-order valence-electron chi connectivity index (χ4n) is 3.35. The molecule has 0 saturated heterocycles. The van der Waals surface area contributed by atoms with Crippen LogP contribution in [0.2, 0.25) is 0 Å². The molecule has 2 atom stereocenters. The maximum atomic E-state index is 11.8. The van der Waals surface area contributed by atoms with E-state index in [2.05, 4.69) is 39.0 Å². The van der Waals surface area contributed by atoms with E-state index >= 15 is 0 Å². The van der Waals surface area contributed by atoms with E-state index in [4.69, 9.17) is 14.2 Å². The van der Waals surface area contributed by atoms with Gasteiger partial charge >= 0.3 is 5.97 Å². The summed E-state index contributed by atoms with van der Waals surface area (Å²) in [6.45, 7) is 6.52. The third-order valence-corrected chi connectivity index (χ3v) is 4.44. The van der Waals surface area contributed by atoms with Crippen LogP contribution in [0.1, 0.15) is 32.3 Å². The topological polar surface area (TPSA) is 44.8 Å². The van der Waals surface area contributed by atoms with E-state index in [-0.39, 0.29) is 23.2 Å². The second kappa shape index (κ2) is 7.12. The second-order valence-electron chi connectivity index (χ2n) is 7.00. The van der Waals surface area contributed by atoms with Crippen LogP contribution >= 0.6 is 0 Å². The number of hydrogen-bond acceptors (Lipinski definition) is 4. The van der Waals surface area contributed by atoms with Crippen molar-refractivity contribution in [2.75, 3.05) is 21.3 Å². The van der Waals surface area contributed by atoms with Crippen molar-refractivity contribution in [1.82, 2.24) is 0 Å². The number of benzene rings is 1. The van der Waals surface area contributed by atoms with Crippen molar-refractivity contribution in [2.45, 2.75) is 26.7 Å². The number of carbonyl (C=O) groups excluding carboxylic acids is 1. The predicted octanol–water partition coefficient (Wildman–Crippen LogP) is 4.08. The Kier molecular flexibility index (Phi) is 5.37. The van der Waals surface area contributed by atoms with Gasteiger partial charge in [-0.25, -0.2) is 4.79 Å². The van der Waals surface area contributed by atoms with Crippen molar-refractivity contribution in [2.24, 2.45) is 11.3 Å². The van der Waals surface area contributed by atoms with Gasteiger partial charge in [0, 0.05) is 23.5 Å². The fraction of sp³-hybridized carbons (Fsp3) is 0.450. The van der Waals surface area contributed by atoms with Gasteiger partial charge in [0.1, 0.15) is 11.5 Å². The third-order valence-electron chi connectivity index (χ3n) is 4.44. The van der Waals surface area contributed by atoms with Gasteiger partial charge in [-0.05, 0) is 29.2 Å². The van der Waals surface area contributed by atoms with E-state index in [0.29, 0.717) is 0 Å². The number of hydrogen-bond donors (Lipinski definition) is 0. The molecule has 0 fully saturated rings. The van der Waals surface area contributed by atoms with Gasteiger partial charge < -0.3 is 14.2 Å². The monoisotopic (exact) mass is 330 g/mol. The average Bonchev–Trinajstić information content (AvgIpc) is 2.93. The van der Waals surface area contributed by atoms with Gasteiger partial charge in [0.15, 0.2) is 0 Å². The number of esters is 1. The molecule has 0 radical (unpaired) electrons. The summed E-state index contributed by atoms with van der Waals surface area (Å²) >= 11 is 0. The molecule has 0 aliphatic heterocycles. The average molecular weight is 330 g/mol. The molecule has 0 bridgehead atoms. The lowest BCUT2D eigenvalue weighted by atomic mass is 9.70. The van der Waals surface area contributed by atoms with Crippen LogP contribution in [0.15, 0.2) is 47.7 Å². The molecule has 0 aromatic heterocycles. The van der Waals surface area contributed by atoms with Crippen LogP contribution < -0.4 is 4.74 Å². The summed E-state index contributed by atoms with van der Waals surface area (Å²) in [5.41, 5.74) is 2.00. The molecule has 1 aliphatic rings. The molecule has 1 aliphatic carbocycles. The minimum absolute atomic E-state index is 0.0543. The lowest BCUT2D eigenvalue weighted by Crippen LogP contribution is -2.26. The van der Waals surface area contributed by atoms with Crippen LogP contribution in [0, 0.1) is 11.3 Å². The van der Waals surface area contributed by atoms with Crippen molar-refractivity contribution < 1.29 is 19.0 Å². The second-order valence-corrected chi connectivity index (χ2v) is 7.00. The Balaban J connectivity index is 2.51. The van der Waals surface area contributed by atoms with E-state index < -0.39 is 0 Å². The first kappa shape index (κ1) is 18.1. The molecular formula is C20H26O4. The highest BCUT2D eigenvalue weighted by atomic mass is 16.5. The van der Waals surface area contributed by atoms with Crippen molar-refractivity contribution in [3.8, 4) is 5.75 Å². The largest absolute Gasteiger partial charge is 0.497 e. The highest BCUT2D eigenvalue weighted by Crippen LogP contribution is 2.51. The molecule has 130 valence electrons. The lowest BCUT2D eigenvalue weighted by Gasteiger charge is -2.33. The van der Waals surface area contributed by atoms with E-state index in [1.54, 1.807) is 20.3 Å². The van der Waals surface area contributed by atoms with E-state index in [1.807, 2.05) is 12.1 Å². The Morgan fingerprint density at radius 2 is 1.67 bits per heavy atom. The number of ether oxygens (including phenoxy) is 3. The molecule has 0 heterocycles. The first-order valence-corrected chi connectivity index (χ1v) is 8.01. The minimum atomic E-state index is -0.363. The first-order chi connectivity index (χ1) is 11.3. The molecule has 2 rings (SSSR count). The van der Waals surface area contributed by atoms with Crippen molar-refractivity contribution >= 4 is 5.97 Å². The number of allylic oxidation sites excluding steroid dienone is 2. The van der Waals surface area contributed by atoms with E-state index in [0.717, 1.165) is 17.1 Å². The zero-order chi connectivity index (χ0) is 17.9. The molecule has 0 N–H and O–H groups in total. The third kappa shape index (κ3) is 3.64. The number of methoxy groups -OCH3 is 3. The Labute approximate surface area is 144 Å². The Hall–Kier alpha value is -2.23. The smallest absolute Gasteiger partial charge is 0.330 e. The zero-order valence-electron chi connectivity index (χ0n) is 15.3. The van der Waals surface area contributed by atoms with Gasteiger partial charge in [0.25, 0.3) is 0 Å². The SMILES string of the molecule is COC(=O)/C=C1\C(OC)=C[C@H](c2ccc(OC)cc2)[C@H]1C(C)(C)C. The summed E-state index contributed by atoms with van der Waals surface area (Å²) in [6, 6.07) is 8.04. The minimum Gasteiger partial charge on any atom is -0.497 e. The number of rotatable bonds is 4. The highest BCUT2D eigenvalue weighted by Gasteiger charge is 2.41. The zero-order valence-corrected chi connectivity index (χ0v) is 15.3. The predicted molar refractivity (Wildman–Crippen MR) is 93.9 cm³/mol. The molecule has 0 spiro atoms. The van der Waals surface area contributed by atoms with Crippen LogP contribution in [-0.2, 0) is 14.3 Å². The van der Waals surface area contributed by atoms with Gasteiger partial charge in [-0.15, -0.1) is 0 Å². The normalized spacial score (nSPS) is 22.2. The summed E-state index contributed by atoms with van der Waals surface area (Å²) in [4.78, 5) is 11.8. The number of carbonyl (C=O) groups is 1. The van der Waals surface area contributed by atoms with Crippen LogP contribution in [0.25, 0.3) is 0 Å².